The van der Waals surface area contributed by atoms with Crippen molar-refractivity contribution in [2.24, 2.45) is 17.3 Å². The number of fused-ring (bicyclic) bond motifs is 3. The Labute approximate surface area is 144 Å². The maximum Gasteiger partial charge on any atom is 0.220 e. The van der Waals surface area contributed by atoms with Gasteiger partial charge in [0.1, 0.15) is 6.04 Å². The highest BCUT2D eigenvalue weighted by molar-refractivity contribution is 5.77. The predicted octanol–water partition coefficient (Wildman–Crippen LogP) is -0.880. The molecule has 4 rings (SSSR count). The van der Waals surface area contributed by atoms with Crippen molar-refractivity contribution in [2.75, 3.05) is 19.6 Å². The number of carbonyl (C=O) groups excluding carboxylic acids is 2. The van der Waals surface area contributed by atoms with E-state index >= 15 is 0 Å². The van der Waals surface area contributed by atoms with Gasteiger partial charge in [0.15, 0.2) is 0 Å². The molecule has 4 atom stereocenters. The third-order valence-corrected chi connectivity index (χ3v) is 6.53. The minimum Gasteiger partial charge on any atom is -0.550 e. The van der Waals surface area contributed by atoms with Gasteiger partial charge in [-0.25, -0.2) is 0 Å². The van der Waals surface area contributed by atoms with Crippen molar-refractivity contribution in [2.45, 2.75) is 57.4 Å². The fraction of sp³-hybridized carbons (Fsp3) is 0.789. The molecule has 1 unspecified atom stereocenters. The zero-order chi connectivity index (χ0) is 17.2. The lowest BCUT2D eigenvalue weighted by atomic mass is 9.76. The Bertz CT molecular complexity index is 533. The van der Waals surface area contributed by atoms with Crippen LogP contribution in [0, 0.1) is 29.6 Å². The number of nitrogens with one attached hydrogen (secondary N) is 2. The number of hydrogen-bond donors (Lipinski definition) is 2. The van der Waals surface area contributed by atoms with Gasteiger partial charge in [0.25, 0.3) is 0 Å². The molecule has 2 N–H and O–H groups in total. The Kier molecular flexibility index (Phi) is 5.15. The number of carboxylic acid groups (broad SMARTS) is 1. The lowest BCUT2D eigenvalue weighted by molar-refractivity contribution is -0.943. The van der Waals surface area contributed by atoms with Crippen molar-refractivity contribution in [3.05, 3.63) is 0 Å². The summed E-state index contributed by atoms with van der Waals surface area (Å²) < 4.78 is 0. The number of rotatable bonds is 6. The van der Waals surface area contributed by atoms with E-state index in [0.717, 1.165) is 45.2 Å². The van der Waals surface area contributed by atoms with Crippen LogP contribution in [-0.4, -0.2) is 37.6 Å². The van der Waals surface area contributed by atoms with Gasteiger partial charge in [0.2, 0.25) is 5.91 Å². The normalized spacial score (nSPS) is 33.8. The van der Waals surface area contributed by atoms with Crippen LogP contribution in [0.3, 0.4) is 0 Å². The van der Waals surface area contributed by atoms with E-state index in [2.05, 4.69) is 11.2 Å². The molecule has 0 radical (unpaired) electrons. The molecule has 0 spiro atoms. The fourth-order valence-electron chi connectivity index (χ4n) is 5.22. The van der Waals surface area contributed by atoms with Crippen LogP contribution in [-0.2, 0) is 9.59 Å². The standard InChI is InChI=1S/C19H28N2O3/c1-2-14-13-21-8-5-15(14)9-16(21)12-20-17(22)10-19(11-18(23)24)6-3-4-7-19/h1,14-16H,3-13H2,(H,20,22)(H,23,24)/t14-,15+,16+/m0/s1. The van der Waals surface area contributed by atoms with Gasteiger partial charge in [0, 0.05) is 25.2 Å². The van der Waals surface area contributed by atoms with Crippen LogP contribution in [0.2, 0.25) is 0 Å². The molecule has 132 valence electrons. The molecule has 0 aromatic rings. The summed E-state index contributed by atoms with van der Waals surface area (Å²) in [7, 11) is 0. The van der Waals surface area contributed by atoms with E-state index in [1.807, 2.05) is 0 Å². The van der Waals surface area contributed by atoms with E-state index in [1.165, 1.54) is 11.3 Å². The van der Waals surface area contributed by atoms with Crippen LogP contribution >= 0.6 is 0 Å². The zero-order valence-corrected chi connectivity index (χ0v) is 14.3. The maximum atomic E-state index is 12.4. The van der Waals surface area contributed by atoms with E-state index in [0.29, 0.717) is 30.8 Å². The van der Waals surface area contributed by atoms with Crippen LogP contribution < -0.4 is 15.3 Å². The topological polar surface area (TPSA) is 73.7 Å². The molecule has 3 saturated heterocycles. The third kappa shape index (κ3) is 3.75. The summed E-state index contributed by atoms with van der Waals surface area (Å²) in [6.07, 6.45) is 11.9. The SMILES string of the molecule is C#C[C@H]1C[NH+]2CC[C@@H]1C[C@@H]2CNC(=O)CC1(CC(=O)[O-])CCCC1. The van der Waals surface area contributed by atoms with E-state index in [-0.39, 0.29) is 17.7 Å². The summed E-state index contributed by atoms with van der Waals surface area (Å²) in [6, 6.07) is 0.456. The molecule has 1 amide bonds. The van der Waals surface area contributed by atoms with Gasteiger partial charge >= 0.3 is 0 Å². The highest BCUT2D eigenvalue weighted by Gasteiger charge is 2.43. The first-order chi connectivity index (χ1) is 11.5. The Morgan fingerprint density at radius 3 is 2.62 bits per heavy atom. The largest absolute Gasteiger partial charge is 0.550 e. The van der Waals surface area contributed by atoms with Gasteiger partial charge in [-0.2, -0.15) is 0 Å². The Morgan fingerprint density at radius 2 is 2.04 bits per heavy atom. The Balaban J connectivity index is 1.49. The van der Waals surface area contributed by atoms with E-state index < -0.39 is 5.97 Å². The molecule has 24 heavy (non-hydrogen) atoms. The van der Waals surface area contributed by atoms with Crippen LogP contribution in [0.25, 0.3) is 0 Å². The van der Waals surface area contributed by atoms with Crippen LogP contribution in [0.15, 0.2) is 0 Å². The average molecular weight is 332 g/mol. The van der Waals surface area contributed by atoms with E-state index in [9.17, 15) is 14.7 Å². The second-order valence-corrected chi connectivity index (χ2v) is 8.10. The second kappa shape index (κ2) is 7.14. The number of hydrogen-bond acceptors (Lipinski definition) is 3. The highest BCUT2D eigenvalue weighted by atomic mass is 16.4. The van der Waals surface area contributed by atoms with Gasteiger partial charge in [-0.1, -0.05) is 18.8 Å². The number of carbonyl (C=O) groups is 2. The first-order valence-electron chi connectivity index (χ1n) is 9.28. The van der Waals surface area contributed by atoms with Crippen LogP contribution in [0.4, 0.5) is 0 Å². The van der Waals surface area contributed by atoms with E-state index in [1.54, 1.807) is 0 Å². The predicted molar refractivity (Wildman–Crippen MR) is 87.7 cm³/mol. The molecule has 2 bridgehead atoms. The third-order valence-electron chi connectivity index (χ3n) is 6.53. The van der Waals surface area contributed by atoms with Crippen molar-refractivity contribution < 1.29 is 19.6 Å². The maximum absolute atomic E-state index is 12.4. The van der Waals surface area contributed by atoms with Crippen molar-refractivity contribution in [3.63, 3.8) is 0 Å². The molecule has 5 nitrogen and oxygen atoms in total. The monoisotopic (exact) mass is 332 g/mol. The summed E-state index contributed by atoms with van der Waals surface area (Å²) in [5.41, 5.74) is -0.379. The summed E-state index contributed by atoms with van der Waals surface area (Å²) >= 11 is 0. The molecule has 0 aromatic heterocycles. The van der Waals surface area contributed by atoms with Crippen LogP contribution in [0.5, 0.6) is 0 Å². The number of aliphatic carboxylic acids is 1. The Hall–Kier alpha value is -1.54. The quantitative estimate of drug-likeness (QED) is 0.621. The second-order valence-electron chi connectivity index (χ2n) is 8.10. The minimum atomic E-state index is -1.04. The summed E-state index contributed by atoms with van der Waals surface area (Å²) in [5.74, 6) is 2.88. The van der Waals surface area contributed by atoms with E-state index in [4.69, 9.17) is 6.42 Å². The number of terminal acetylenes is 1. The molecular weight excluding hydrogens is 304 g/mol. The lowest BCUT2D eigenvalue weighted by Crippen LogP contribution is -3.20. The molecule has 1 aliphatic carbocycles. The number of piperidine rings is 3. The fourth-order valence-corrected chi connectivity index (χ4v) is 5.22. The summed E-state index contributed by atoms with van der Waals surface area (Å²) in [4.78, 5) is 24.9. The lowest BCUT2D eigenvalue weighted by Gasteiger charge is -2.45. The first-order valence-corrected chi connectivity index (χ1v) is 9.28. The van der Waals surface area contributed by atoms with Gasteiger partial charge in [0.05, 0.1) is 25.6 Å². The Morgan fingerprint density at radius 1 is 1.29 bits per heavy atom. The van der Waals surface area contributed by atoms with Gasteiger partial charge < -0.3 is 20.1 Å². The van der Waals surface area contributed by atoms with Crippen molar-refractivity contribution in [1.29, 1.82) is 0 Å². The highest BCUT2D eigenvalue weighted by Crippen LogP contribution is 2.43. The number of carboxylic acids is 1. The van der Waals surface area contributed by atoms with Crippen LogP contribution in [0.1, 0.15) is 51.4 Å². The molecule has 0 aromatic carbocycles. The smallest absolute Gasteiger partial charge is 0.220 e. The summed E-state index contributed by atoms with van der Waals surface area (Å²) in [5, 5.41) is 14.1. The molecule has 4 fully saturated rings. The van der Waals surface area contributed by atoms with Gasteiger partial charge in [-0.05, 0) is 30.6 Å². The summed E-state index contributed by atoms with van der Waals surface area (Å²) in [6.45, 7) is 2.86. The molecule has 3 aliphatic heterocycles. The molecule has 1 saturated carbocycles. The van der Waals surface area contributed by atoms with Gasteiger partial charge in [-0.3, -0.25) is 4.79 Å². The van der Waals surface area contributed by atoms with Crippen molar-refractivity contribution in [3.8, 4) is 12.3 Å². The molecule has 5 heteroatoms. The first kappa shape index (κ1) is 17.3. The zero-order valence-electron chi connectivity index (χ0n) is 14.3. The van der Waals surface area contributed by atoms with Crippen molar-refractivity contribution in [1.82, 2.24) is 5.32 Å². The van der Waals surface area contributed by atoms with Crippen molar-refractivity contribution >= 4 is 11.9 Å². The number of amides is 1. The average Bonchev–Trinajstić information content (AvgIpc) is 3.00. The van der Waals surface area contributed by atoms with Gasteiger partial charge in [-0.15, -0.1) is 6.42 Å². The molecule has 3 heterocycles. The minimum absolute atomic E-state index is 0.00584. The molecule has 4 aliphatic rings. The number of quaternary nitrogens is 1. The molecular formula is C19H28N2O3.